The maximum absolute atomic E-state index is 13.3. The van der Waals surface area contributed by atoms with Crippen molar-refractivity contribution >= 4 is 40.8 Å². The molecule has 0 spiro atoms. The molecule has 5 aromatic rings. The van der Waals surface area contributed by atoms with Gasteiger partial charge in [0.05, 0.1) is 22.8 Å². The van der Waals surface area contributed by atoms with Crippen molar-refractivity contribution in [2.75, 3.05) is 39.8 Å². The second-order valence-corrected chi connectivity index (χ2v) is 13.5. The summed E-state index contributed by atoms with van der Waals surface area (Å²) in [6.07, 6.45) is 4.68. The van der Waals surface area contributed by atoms with Crippen LogP contribution < -0.4 is 31.6 Å². The predicted octanol–water partition coefficient (Wildman–Crippen LogP) is 4.89. The van der Waals surface area contributed by atoms with Crippen LogP contribution >= 0.6 is 23.2 Å². The van der Waals surface area contributed by atoms with Gasteiger partial charge in [0.25, 0.3) is 5.56 Å². The van der Waals surface area contributed by atoms with E-state index in [9.17, 15) is 14.4 Å². The zero-order chi connectivity index (χ0) is 36.2. The monoisotopic (exact) mass is 740 g/mol. The minimum absolute atomic E-state index is 0.0643. The minimum Gasteiger partial charge on any atom is -0.481 e. The van der Waals surface area contributed by atoms with E-state index in [1.54, 1.807) is 24.4 Å². The van der Waals surface area contributed by atoms with Gasteiger partial charge in [-0.25, -0.2) is 14.8 Å². The summed E-state index contributed by atoms with van der Waals surface area (Å²) in [6.45, 7) is 4.01. The van der Waals surface area contributed by atoms with Gasteiger partial charge in [-0.15, -0.1) is 0 Å². The fourth-order valence-corrected chi connectivity index (χ4v) is 7.27. The van der Waals surface area contributed by atoms with Gasteiger partial charge in [-0.1, -0.05) is 65.7 Å². The third-order valence-corrected chi connectivity index (χ3v) is 10.2. The van der Waals surface area contributed by atoms with Gasteiger partial charge < -0.3 is 30.9 Å². The van der Waals surface area contributed by atoms with E-state index < -0.39 is 0 Å². The van der Waals surface area contributed by atoms with E-state index in [1.807, 2.05) is 60.7 Å². The van der Waals surface area contributed by atoms with Crippen LogP contribution in [0.15, 0.2) is 77.9 Å². The number of methoxy groups -OCH3 is 1. The fraction of sp³-hybridized carbons (Fsp3) is 0.289. The molecule has 0 unspecified atom stereocenters. The highest BCUT2D eigenvalue weighted by atomic mass is 35.5. The maximum atomic E-state index is 13.3. The average Bonchev–Trinajstić information content (AvgIpc) is 3.77. The molecule has 2 saturated heterocycles. The first-order valence-corrected chi connectivity index (χ1v) is 17.9. The molecule has 2 fully saturated rings. The Morgan fingerprint density at radius 3 is 2.40 bits per heavy atom. The van der Waals surface area contributed by atoms with Crippen LogP contribution in [0.2, 0.25) is 10.0 Å². The summed E-state index contributed by atoms with van der Waals surface area (Å²) in [7, 11) is 1.59. The summed E-state index contributed by atoms with van der Waals surface area (Å²) in [5.41, 5.74) is 6.18. The lowest BCUT2D eigenvalue weighted by atomic mass is 9.97. The molecule has 0 bridgehead atoms. The van der Waals surface area contributed by atoms with Gasteiger partial charge in [-0.05, 0) is 30.2 Å². The number of fused-ring (bicyclic) bond motifs is 1. The predicted molar refractivity (Wildman–Crippen MR) is 202 cm³/mol. The van der Waals surface area contributed by atoms with Gasteiger partial charge >= 0.3 is 6.03 Å². The molecule has 0 saturated carbocycles. The van der Waals surface area contributed by atoms with Crippen molar-refractivity contribution in [2.24, 2.45) is 0 Å². The summed E-state index contributed by atoms with van der Waals surface area (Å²) in [6, 6.07) is 19.1. The van der Waals surface area contributed by atoms with Crippen molar-refractivity contribution in [1.82, 2.24) is 40.5 Å². The second-order valence-electron chi connectivity index (χ2n) is 12.8. The zero-order valence-electron chi connectivity index (χ0n) is 28.5. The number of ether oxygens (including phenoxy) is 1. The summed E-state index contributed by atoms with van der Waals surface area (Å²) >= 11 is 14.2. The Kier molecular flexibility index (Phi) is 10.7. The Labute approximate surface area is 310 Å². The molecule has 2 aliphatic heterocycles. The number of hydrogen-bond acceptors (Lipinski definition) is 8. The first-order chi connectivity index (χ1) is 25.3. The lowest BCUT2D eigenvalue weighted by Crippen LogP contribution is -2.35. The molecule has 268 valence electrons. The molecule has 14 heteroatoms. The number of nitrogens with zero attached hydrogens (tertiary/aromatic N) is 4. The van der Waals surface area contributed by atoms with E-state index in [-0.39, 0.29) is 23.5 Å². The van der Waals surface area contributed by atoms with Crippen LogP contribution in [0, 0.1) is 0 Å². The Hall–Kier alpha value is -5.01. The Morgan fingerprint density at radius 2 is 1.67 bits per heavy atom. The van der Waals surface area contributed by atoms with E-state index in [1.165, 1.54) is 4.40 Å². The largest absolute Gasteiger partial charge is 0.481 e. The molecule has 52 heavy (non-hydrogen) atoms. The SMILES string of the molecule is COc1nc(-c2cccc(-c3cccc(-c4ccn5c(=O)c(CNCCN6CCNC6=O)cnc5c4)c3Cl)c2Cl)ccc1CNC[C@@H]1CCC(=O)N1. The summed E-state index contributed by atoms with van der Waals surface area (Å²) in [5, 5.41) is 13.4. The number of rotatable bonds is 13. The van der Waals surface area contributed by atoms with Crippen molar-refractivity contribution in [3.8, 4) is 39.4 Å². The molecule has 3 aromatic heterocycles. The van der Waals surface area contributed by atoms with Gasteiger partial charge in [-0.3, -0.25) is 14.0 Å². The first-order valence-electron chi connectivity index (χ1n) is 17.2. The van der Waals surface area contributed by atoms with Crippen LogP contribution in [0.3, 0.4) is 0 Å². The number of aromatic nitrogens is 3. The smallest absolute Gasteiger partial charge is 0.317 e. The van der Waals surface area contributed by atoms with Gasteiger partial charge in [0.15, 0.2) is 0 Å². The third-order valence-electron chi connectivity index (χ3n) is 9.40. The van der Waals surface area contributed by atoms with Gasteiger partial charge in [0.1, 0.15) is 5.65 Å². The zero-order valence-corrected chi connectivity index (χ0v) is 30.1. The van der Waals surface area contributed by atoms with E-state index in [0.717, 1.165) is 39.8 Å². The van der Waals surface area contributed by atoms with Crippen molar-refractivity contribution in [1.29, 1.82) is 0 Å². The number of nitrogens with one attached hydrogen (secondary N) is 4. The van der Waals surface area contributed by atoms with Crippen LogP contribution in [0.5, 0.6) is 5.88 Å². The molecule has 2 aliphatic rings. The average molecular weight is 742 g/mol. The molecule has 4 N–H and O–H groups in total. The highest BCUT2D eigenvalue weighted by Gasteiger charge is 2.21. The first kappa shape index (κ1) is 35.4. The van der Waals surface area contributed by atoms with Crippen molar-refractivity contribution in [3.05, 3.63) is 105 Å². The molecule has 0 radical (unpaired) electrons. The molecule has 0 aliphatic carbocycles. The molecule has 1 atom stereocenters. The number of halogens is 2. The molecule has 12 nitrogen and oxygen atoms in total. The number of hydrogen-bond donors (Lipinski definition) is 4. The van der Waals surface area contributed by atoms with Crippen molar-refractivity contribution < 1.29 is 14.3 Å². The van der Waals surface area contributed by atoms with Gasteiger partial charge in [0, 0.05) is 104 Å². The van der Waals surface area contributed by atoms with E-state index >= 15 is 0 Å². The van der Waals surface area contributed by atoms with Crippen molar-refractivity contribution in [2.45, 2.75) is 32.0 Å². The fourth-order valence-electron chi connectivity index (χ4n) is 6.61. The molecule has 3 amide bonds. The van der Waals surface area contributed by atoms with E-state index in [2.05, 4.69) is 26.3 Å². The molecule has 5 heterocycles. The normalized spacial score (nSPS) is 15.7. The Bertz CT molecular complexity index is 2210. The molecule has 7 rings (SSSR count). The topological polar surface area (TPSA) is 142 Å². The third kappa shape index (κ3) is 7.47. The number of urea groups is 1. The summed E-state index contributed by atoms with van der Waals surface area (Å²) < 4.78 is 7.16. The van der Waals surface area contributed by atoms with Crippen LogP contribution in [0.4, 0.5) is 4.79 Å². The summed E-state index contributed by atoms with van der Waals surface area (Å²) in [5.74, 6) is 0.580. The number of carbonyl (C=O) groups excluding carboxylic acids is 2. The van der Waals surface area contributed by atoms with Crippen LogP contribution in [-0.4, -0.2) is 77.1 Å². The molecular weight excluding hydrogens is 703 g/mol. The lowest BCUT2D eigenvalue weighted by molar-refractivity contribution is -0.119. The Balaban J connectivity index is 1.09. The van der Waals surface area contributed by atoms with Gasteiger partial charge in [0.2, 0.25) is 11.8 Å². The molecular formula is C38H38Cl2N8O4. The number of amides is 3. The summed E-state index contributed by atoms with van der Waals surface area (Å²) in [4.78, 5) is 47.6. The highest BCUT2D eigenvalue weighted by Crippen LogP contribution is 2.42. The van der Waals surface area contributed by atoms with Crippen LogP contribution in [0.25, 0.3) is 39.2 Å². The quantitative estimate of drug-likeness (QED) is 0.125. The van der Waals surface area contributed by atoms with Crippen LogP contribution in [0.1, 0.15) is 24.0 Å². The Morgan fingerprint density at radius 1 is 0.923 bits per heavy atom. The van der Waals surface area contributed by atoms with Gasteiger partial charge in [-0.2, -0.15) is 0 Å². The minimum atomic E-state index is -0.167. The van der Waals surface area contributed by atoms with Crippen molar-refractivity contribution in [3.63, 3.8) is 0 Å². The standard InChI is InChI=1S/C38H38Cl2N8O4/c1-52-36-24(19-42-22-26-9-11-33(49)45-26)8-10-31(46-36)30-7-3-6-29(35(30)40)28-5-2-4-27(34(28)39)23-12-15-48-32(18-23)44-21-25(37(48)50)20-41-13-16-47-17-14-43-38(47)51/h2-8,10,12,15,18,21,26,41-42H,9,11,13-14,16-17,19-20,22H2,1H3,(H,43,51)(H,45,49)/t26-/m0/s1. The van der Waals surface area contributed by atoms with E-state index in [0.29, 0.717) is 85.1 Å². The lowest BCUT2D eigenvalue weighted by Gasteiger charge is -2.16. The number of benzene rings is 2. The second kappa shape index (κ2) is 15.7. The number of carbonyl (C=O) groups is 2. The maximum Gasteiger partial charge on any atom is 0.317 e. The van der Waals surface area contributed by atoms with Crippen LogP contribution in [-0.2, 0) is 17.9 Å². The highest BCUT2D eigenvalue weighted by molar-refractivity contribution is 6.39. The molecule has 2 aromatic carbocycles. The number of pyridine rings is 2. The van der Waals surface area contributed by atoms with E-state index in [4.69, 9.17) is 32.9 Å².